The maximum absolute atomic E-state index is 12.9. The van der Waals surface area contributed by atoms with E-state index in [0.717, 1.165) is 19.4 Å². The molecule has 1 fully saturated rings. The third kappa shape index (κ3) is 2.10. The Bertz CT molecular complexity index is 375. The van der Waals surface area contributed by atoms with E-state index < -0.39 is 6.43 Å². The second-order valence-corrected chi connectivity index (χ2v) is 4.14. The van der Waals surface area contributed by atoms with Gasteiger partial charge in [0.2, 0.25) is 0 Å². The SMILES string of the molecule is CCN(c1ccc(N)cc1C(F)F)C1CC1. The van der Waals surface area contributed by atoms with E-state index in [-0.39, 0.29) is 5.56 Å². The van der Waals surface area contributed by atoms with Crippen molar-refractivity contribution in [3.05, 3.63) is 23.8 Å². The van der Waals surface area contributed by atoms with Crippen molar-refractivity contribution in [3.8, 4) is 0 Å². The number of hydrogen-bond donors (Lipinski definition) is 1. The topological polar surface area (TPSA) is 29.3 Å². The molecule has 4 heteroatoms. The minimum Gasteiger partial charge on any atom is -0.399 e. The van der Waals surface area contributed by atoms with Crippen LogP contribution < -0.4 is 10.6 Å². The van der Waals surface area contributed by atoms with Gasteiger partial charge in [0.15, 0.2) is 0 Å². The Balaban J connectivity index is 2.37. The van der Waals surface area contributed by atoms with Crippen molar-refractivity contribution < 1.29 is 8.78 Å². The van der Waals surface area contributed by atoms with Crippen molar-refractivity contribution >= 4 is 11.4 Å². The lowest BCUT2D eigenvalue weighted by Gasteiger charge is -2.25. The normalized spacial score (nSPS) is 15.5. The highest BCUT2D eigenvalue weighted by Crippen LogP contribution is 2.37. The molecule has 0 heterocycles. The lowest BCUT2D eigenvalue weighted by molar-refractivity contribution is 0.152. The third-order valence-corrected chi connectivity index (χ3v) is 2.92. The number of nitrogen functional groups attached to an aromatic ring is 1. The molecule has 0 spiro atoms. The molecule has 2 rings (SSSR count). The Morgan fingerprint density at radius 3 is 2.62 bits per heavy atom. The first-order valence-corrected chi connectivity index (χ1v) is 5.57. The predicted octanol–water partition coefficient (Wildman–Crippen LogP) is 3.20. The van der Waals surface area contributed by atoms with Crippen molar-refractivity contribution in [2.75, 3.05) is 17.2 Å². The average Bonchev–Trinajstić information content (AvgIpc) is 3.05. The monoisotopic (exact) mass is 226 g/mol. The summed E-state index contributed by atoms with van der Waals surface area (Å²) in [5.74, 6) is 0. The van der Waals surface area contributed by atoms with E-state index in [1.807, 2.05) is 11.8 Å². The number of nitrogens with zero attached hydrogens (tertiary/aromatic N) is 1. The summed E-state index contributed by atoms with van der Waals surface area (Å²) in [6.45, 7) is 2.75. The van der Waals surface area contributed by atoms with Crippen LogP contribution in [0.5, 0.6) is 0 Å². The quantitative estimate of drug-likeness (QED) is 0.799. The van der Waals surface area contributed by atoms with Crippen LogP contribution in [0.15, 0.2) is 18.2 Å². The number of hydrogen-bond acceptors (Lipinski definition) is 2. The van der Waals surface area contributed by atoms with E-state index in [1.165, 1.54) is 6.07 Å². The van der Waals surface area contributed by atoms with Crippen LogP contribution in [-0.2, 0) is 0 Å². The molecule has 88 valence electrons. The first kappa shape index (κ1) is 11.2. The standard InChI is InChI=1S/C12H16F2N2/c1-2-16(9-4-5-9)11-6-3-8(15)7-10(11)12(13)14/h3,6-7,9,12H,2,4-5,15H2,1H3. The summed E-state index contributed by atoms with van der Waals surface area (Å²) < 4.78 is 25.8. The zero-order chi connectivity index (χ0) is 11.7. The molecule has 0 amide bonds. The largest absolute Gasteiger partial charge is 0.399 e. The summed E-state index contributed by atoms with van der Waals surface area (Å²) in [6.07, 6.45) is -0.270. The molecule has 1 aliphatic rings. The Morgan fingerprint density at radius 1 is 1.44 bits per heavy atom. The smallest absolute Gasteiger partial charge is 0.265 e. The minimum atomic E-state index is -2.47. The van der Waals surface area contributed by atoms with Crippen LogP contribution in [0.3, 0.4) is 0 Å². The second-order valence-electron chi connectivity index (χ2n) is 4.14. The van der Waals surface area contributed by atoms with Crippen LogP contribution >= 0.6 is 0 Å². The molecule has 2 N–H and O–H groups in total. The van der Waals surface area contributed by atoms with Gasteiger partial charge in [-0.2, -0.15) is 0 Å². The minimum absolute atomic E-state index is 0.0498. The van der Waals surface area contributed by atoms with Gasteiger partial charge in [0.05, 0.1) is 0 Å². The van der Waals surface area contributed by atoms with Crippen molar-refractivity contribution in [1.29, 1.82) is 0 Å². The van der Waals surface area contributed by atoms with Gasteiger partial charge < -0.3 is 10.6 Å². The number of nitrogens with two attached hydrogens (primary N) is 1. The molecule has 2 nitrogen and oxygen atoms in total. The number of halogens is 2. The van der Waals surface area contributed by atoms with Crippen LogP contribution in [0, 0.1) is 0 Å². The van der Waals surface area contributed by atoms with Crippen LogP contribution in [0.2, 0.25) is 0 Å². The van der Waals surface area contributed by atoms with Gasteiger partial charge in [-0.3, -0.25) is 0 Å². The summed E-state index contributed by atoms with van der Waals surface area (Å²) in [4.78, 5) is 2.04. The van der Waals surface area contributed by atoms with Gasteiger partial charge in [-0.05, 0) is 38.0 Å². The number of rotatable bonds is 4. The lowest BCUT2D eigenvalue weighted by Crippen LogP contribution is -2.26. The van der Waals surface area contributed by atoms with Gasteiger partial charge in [-0.15, -0.1) is 0 Å². The molecular weight excluding hydrogens is 210 g/mol. The molecule has 0 unspecified atom stereocenters. The van der Waals surface area contributed by atoms with E-state index >= 15 is 0 Å². The van der Waals surface area contributed by atoms with E-state index in [0.29, 0.717) is 17.4 Å². The summed E-state index contributed by atoms with van der Waals surface area (Å²) in [6, 6.07) is 5.21. The van der Waals surface area contributed by atoms with E-state index in [9.17, 15) is 8.78 Å². The van der Waals surface area contributed by atoms with E-state index in [4.69, 9.17) is 5.73 Å². The maximum Gasteiger partial charge on any atom is 0.265 e. The molecule has 0 atom stereocenters. The Hall–Kier alpha value is -1.32. The van der Waals surface area contributed by atoms with Crippen LogP contribution in [-0.4, -0.2) is 12.6 Å². The molecule has 0 radical (unpaired) electrons. The Kier molecular flexibility index (Phi) is 2.99. The molecule has 0 aliphatic heterocycles. The Morgan fingerprint density at radius 2 is 2.12 bits per heavy atom. The van der Waals surface area contributed by atoms with Crippen molar-refractivity contribution in [1.82, 2.24) is 0 Å². The maximum atomic E-state index is 12.9. The molecule has 1 aliphatic carbocycles. The fourth-order valence-corrected chi connectivity index (χ4v) is 2.02. The number of anilines is 2. The molecular formula is C12H16F2N2. The van der Waals surface area contributed by atoms with Gasteiger partial charge in [0.25, 0.3) is 6.43 Å². The van der Waals surface area contributed by atoms with Crippen molar-refractivity contribution in [2.45, 2.75) is 32.2 Å². The van der Waals surface area contributed by atoms with E-state index in [1.54, 1.807) is 12.1 Å². The summed E-state index contributed by atoms with van der Waals surface area (Å²) in [5.41, 5.74) is 6.62. The van der Waals surface area contributed by atoms with Crippen LogP contribution in [0.4, 0.5) is 20.2 Å². The average molecular weight is 226 g/mol. The zero-order valence-corrected chi connectivity index (χ0v) is 9.29. The van der Waals surface area contributed by atoms with Gasteiger partial charge in [-0.1, -0.05) is 0 Å². The van der Waals surface area contributed by atoms with Gasteiger partial charge in [-0.25, -0.2) is 8.78 Å². The highest BCUT2D eigenvalue weighted by Gasteiger charge is 2.30. The number of benzene rings is 1. The van der Waals surface area contributed by atoms with E-state index in [2.05, 4.69) is 0 Å². The van der Waals surface area contributed by atoms with Crippen molar-refractivity contribution in [3.63, 3.8) is 0 Å². The first-order valence-electron chi connectivity index (χ1n) is 5.57. The fourth-order valence-electron chi connectivity index (χ4n) is 2.02. The molecule has 0 bridgehead atoms. The first-order chi connectivity index (χ1) is 7.63. The highest BCUT2D eigenvalue weighted by atomic mass is 19.3. The van der Waals surface area contributed by atoms with Gasteiger partial charge in [0.1, 0.15) is 0 Å². The molecule has 1 saturated carbocycles. The summed E-state index contributed by atoms with van der Waals surface area (Å²) in [7, 11) is 0. The second kappa shape index (κ2) is 4.28. The van der Waals surface area contributed by atoms with Gasteiger partial charge >= 0.3 is 0 Å². The molecule has 0 saturated heterocycles. The predicted molar refractivity (Wildman–Crippen MR) is 61.9 cm³/mol. The summed E-state index contributed by atoms with van der Waals surface area (Å²) in [5, 5.41) is 0. The summed E-state index contributed by atoms with van der Waals surface area (Å²) >= 11 is 0. The molecule has 16 heavy (non-hydrogen) atoms. The van der Waals surface area contributed by atoms with Crippen LogP contribution in [0.1, 0.15) is 31.8 Å². The fraction of sp³-hybridized carbons (Fsp3) is 0.500. The molecule has 1 aromatic rings. The highest BCUT2D eigenvalue weighted by molar-refractivity contribution is 5.61. The van der Waals surface area contributed by atoms with Crippen molar-refractivity contribution in [2.24, 2.45) is 0 Å². The number of alkyl halides is 2. The van der Waals surface area contributed by atoms with Gasteiger partial charge in [0, 0.05) is 29.5 Å². The lowest BCUT2D eigenvalue weighted by atomic mass is 10.1. The third-order valence-electron chi connectivity index (χ3n) is 2.92. The van der Waals surface area contributed by atoms with Crippen LogP contribution in [0.25, 0.3) is 0 Å². The Labute approximate surface area is 94.0 Å². The molecule has 1 aromatic carbocycles. The zero-order valence-electron chi connectivity index (χ0n) is 9.29. The molecule has 0 aromatic heterocycles.